The Bertz CT molecular complexity index is 838. The zero-order valence-corrected chi connectivity index (χ0v) is 14.5. The summed E-state index contributed by atoms with van der Waals surface area (Å²) in [7, 11) is -3.13. The van der Waals surface area contributed by atoms with Crippen molar-refractivity contribution in [3.8, 4) is 0 Å². The Kier molecular flexibility index (Phi) is 5.13. The smallest absolute Gasteiger partial charge is 0.227 e. The molecule has 0 saturated carbocycles. The van der Waals surface area contributed by atoms with Crippen LogP contribution in [0.4, 0.5) is 4.39 Å². The second-order valence-electron chi connectivity index (χ2n) is 6.28. The molecule has 7 heteroatoms. The van der Waals surface area contributed by atoms with Crippen molar-refractivity contribution in [1.29, 1.82) is 0 Å². The Balaban J connectivity index is 1.80. The predicted molar refractivity (Wildman–Crippen MR) is 91.7 cm³/mol. The van der Waals surface area contributed by atoms with E-state index in [1.807, 2.05) is 12.1 Å². The number of hydrogen-bond acceptors (Lipinski definition) is 4. The molecule has 0 N–H and O–H groups in total. The van der Waals surface area contributed by atoms with Gasteiger partial charge >= 0.3 is 0 Å². The van der Waals surface area contributed by atoms with E-state index in [9.17, 15) is 17.6 Å². The van der Waals surface area contributed by atoms with Gasteiger partial charge in [0, 0.05) is 25.5 Å². The van der Waals surface area contributed by atoms with Crippen LogP contribution in [0.2, 0.25) is 0 Å². The van der Waals surface area contributed by atoms with E-state index in [4.69, 9.17) is 0 Å². The molecule has 1 saturated heterocycles. The molecule has 1 amide bonds. The van der Waals surface area contributed by atoms with Crippen LogP contribution in [0.25, 0.3) is 0 Å². The summed E-state index contributed by atoms with van der Waals surface area (Å²) in [5, 5.41) is 0. The zero-order valence-electron chi connectivity index (χ0n) is 13.6. The summed E-state index contributed by atoms with van der Waals surface area (Å²) >= 11 is 0. The summed E-state index contributed by atoms with van der Waals surface area (Å²) in [4.78, 5) is 18.5. The third-order valence-corrected chi connectivity index (χ3v) is 6.07. The van der Waals surface area contributed by atoms with E-state index < -0.39 is 15.8 Å². The third kappa shape index (κ3) is 4.63. The number of sulfone groups is 1. The van der Waals surface area contributed by atoms with Gasteiger partial charge in [-0.05, 0) is 41.8 Å². The highest BCUT2D eigenvalue weighted by Gasteiger charge is 2.35. The van der Waals surface area contributed by atoms with E-state index in [0.717, 1.165) is 11.1 Å². The number of aromatic nitrogens is 1. The molecule has 25 heavy (non-hydrogen) atoms. The topological polar surface area (TPSA) is 67.3 Å². The van der Waals surface area contributed by atoms with Crippen LogP contribution in [0.15, 0.2) is 48.8 Å². The van der Waals surface area contributed by atoms with Gasteiger partial charge in [0.2, 0.25) is 5.91 Å². The molecule has 0 spiro atoms. The molecule has 1 aromatic carbocycles. The average Bonchev–Trinajstić information content (AvgIpc) is 2.96. The first-order valence-corrected chi connectivity index (χ1v) is 9.88. The molecule has 3 rings (SSSR count). The van der Waals surface area contributed by atoms with E-state index >= 15 is 0 Å². The molecule has 5 nitrogen and oxygen atoms in total. The van der Waals surface area contributed by atoms with E-state index in [0.29, 0.717) is 19.5 Å². The molecule has 0 aliphatic carbocycles. The monoisotopic (exact) mass is 362 g/mol. The lowest BCUT2D eigenvalue weighted by molar-refractivity contribution is -0.136. The van der Waals surface area contributed by atoms with Crippen molar-refractivity contribution in [2.24, 2.45) is 5.92 Å². The zero-order chi connectivity index (χ0) is 17.9. The summed E-state index contributed by atoms with van der Waals surface area (Å²) in [5.41, 5.74) is 1.70. The molecule has 1 fully saturated rings. The molecular weight excluding hydrogens is 343 g/mol. The Morgan fingerprint density at radius 3 is 2.24 bits per heavy atom. The van der Waals surface area contributed by atoms with Crippen molar-refractivity contribution in [3.05, 3.63) is 65.7 Å². The van der Waals surface area contributed by atoms with Crippen molar-refractivity contribution in [2.45, 2.75) is 19.5 Å². The summed E-state index contributed by atoms with van der Waals surface area (Å²) < 4.78 is 36.5. The minimum Gasteiger partial charge on any atom is -0.334 e. The summed E-state index contributed by atoms with van der Waals surface area (Å²) in [6.07, 6.45) is 3.66. The lowest BCUT2D eigenvalue weighted by Gasteiger charge is -2.25. The summed E-state index contributed by atoms with van der Waals surface area (Å²) in [5.74, 6) is -1.06. The summed E-state index contributed by atoms with van der Waals surface area (Å²) in [6.45, 7) is 0.660. The van der Waals surface area contributed by atoms with Crippen LogP contribution in [0.1, 0.15) is 17.5 Å². The molecule has 1 aromatic heterocycles. The Morgan fingerprint density at radius 2 is 1.68 bits per heavy atom. The molecule has 2 heterocycles. The fraction of sp³-hybridized carbons (Fsp3) is 0.333. The molecule has 1 aliphatic rings. The maximum Gasteiger partial charge on any atom is 0.227 e. The minimum absolute atomic E-state index is 0.0586. The number of hydrogen-bond donors (Lipinski definition) is 0. The molecule has 1 aliphatic heterocycles. The van der Waals surface area contributed by atoms with Gasteiger partial charge in [0.05, 0.1) is 17.4 Å². The van der Waals surface area contributed by atoms with Crippen LogP contribution in [0.3, 0.4) is 0 Å². The van der Waals surface area contributed by atoms with Crippen molar-refractivity contribution in [1.82, 2.24) is 9.88 Å². The Labute approximate surface area is 146 Å². The number of halogens is 1. The van der Waals surface area contributed by atoms with E-state index in [1.54, 1.807) is 29.4 Å². The average molecular weight is 362 g/mol. The first-order valence-electron chi connectivity index (χ1n) is 8.05. The van der Waals surface area contributed by atoms with E-state index in [-0.39, 0.29) is 23.2 Å². The van der Waals surface area contributed by atoms with Crippen molar-refractivity contribution < 1.29 is 17.6 Å². The SMILES string of the molecule is O=C(C1CCS(=O)(=O)C1)N(Cc1ccncc1)Cc1ccc(F)cc1. The van der Waals surface area contributed by atoms with Crippen LogP contribution in [-0.2, 0) is 27.7 Å². The first kappa shape index (κ1) is 17.5. The number of nitrogens with zero attached hydrogens (tertiary/aromatic N) is 2. The molecule has 0 radical (unpaired) electrons. The molecule has 0 bridgehead atoms. The lowest BCUT2D eigenvalue weighted by atomic mass is 10.1. The van der Waals surface area contributed by atoms with Gasteiger partial charge in [-0.2, -0.15) is 0 Å². The molecule has 1 unspecified atom stereocenters. The van der Waals surface area contributed by atoms with Crippen LogP contribution in [0.5, 0.6) is 0 Å². The van der Waals surface area contributed by atoms with Crippen LogP contribution >= 0.6 is 0 Å². The summed E-state index contributed by atoms with van der Waals surface area (Å²) in [6, 6.07) is 9.60. The predicted octanol–water partition coefficient (Wildman–Crippen LogP) is 2.18. The molecular formula is C18H19FN2O3S. The van der Waals surface area contributed by atoms with Gasteiger partial charge in [-0.1, -0.05) is 12.1 Å². The van der Waals surface area contributed by atoms with Gasteiger partial charge in [0.1, 0.15) is 5.82 Å². The van der Waals surface area contributed by atoms with Gasteiger partial charge in [0.15, 0.2) is 9.84 Å². The number of amides is 1. The van der Waals surface area contributed by atoms with Crippen LogP contribution in [0, 0.1) is 11.7 Å². The second-order valence-corrected chi connectivity index (χ2v) is 8.50. The number of carbonyl (C=O) groups is 1. The van der Waals surface area contributed by atoms with E-state index in [2.05, 4.69) is 4.98 Å². The third-order valence-electron chi connectivity index (χ3n) is 4.30. The maximum absolute atomic E-state index is 13.1. The van der Waals surface area contributed by atoms with Crippen molar-refractivity contribution in [2.75, 3.05) is 11.5 Å². The van der Waals surface area contributed by atoms with E-state index in [1.165, 1.54) is 12.1 Å². The number of benzene rings is 1. The van der Waals surface area contributed by atoms with Crippen molar-refractivity contribution >= 4 is 15.7 Å². The fourth-order valence-electron chi connectivity index (χ4n) is 2.98. The minimum atomic E-state index is -3.13. The molecule has 132 valence electrons. The fourth-order valence-corrected chi connectivity index (χ4v) is 4.71. The second kappa shape index (κ2) is 7.31. The highest BCUT2D eigenvalue weighted by Crippen LogP contribution is 2.23. The Hall–Kier alpha value is -2.28. The highest BCUT2D eigenvalue weighted by molar-refractivity contribution is 7.91. The number of pyridine rings is 1. The molecule has 1 atom stereocenters. The number of carbonyl (C=O) groups excluding carboxylic acids is 1. The van der Waals surface area contributed by atoms with Crippen LogP contribution < -0.4 is 0 Å². The number of rotatable bonds is 5. The quantitative estimate of drug-likeness (QED) is 0.818. The van der Waals surface area contributed by atoms with Gasteiger partial charge in [0.25, 0.3) is 0 Å². The lowest BCUT2D eigenvalue weighted by Crippen LogP contribution is -2.36. The molecule has 2 aromatic rings. The largest absolute Gasteiger partial charge is 0.334 e. The standard InChI is InChI=1S/C18H19FN2O3S/c19-17-3-1-14(2-4-17)11-21(12-15-5-8-20-9-6-15)18(22)16-7-10-25(23,24)13-16/h1-6,8-9,16H,7,10-13H2. The van der Waals surface area contributed by atoms with Crippen molar-refractivity contribution in [3.63, 3.8) is 0 Å². The van der Waals surface area contributed by atoms with Gasteiger partial charge in [-0.25, -0.2) is 12.8 Å². The normalized spacial score (nSPS) is 18.8. The Morgan fingerprint density at radius 1 is 1.08 bits per heavy atom. The first-order chi connectivity index (χ1) is 11.9. The van der Waals surface area contributed by atoms with Crippen LogP contribution in [-0.4, -0.2) is 35.7 Å². The van der Waals surface area contributed by atoms with Gasteiger partial charge in [-0.15, -0.1) is 0 Å². The van der Waals surface area contributed by atoms with Gasteiger partial charge < -0.3 is 4.90 Å². The highest BCUT2D eigenvalue weighted by atomic mass is 32.2. The van der Waals surface area contributed by atoms with Gasteiger partial charge in [-0.3, -0.25) is 9.78 Å². The maximum atomic E-state index is 13.1.